The molecule has 0 aromatic heterocycles. The Morgan fingerprint density at radius 2 is 1.82 bits per heavy atom. The number of amides is 1. The van der Waals surface area contributed by atoms with E-state index in [2.05, 4.69) is 5.32 Å². The lowest BCUT2D eigenvalue weighted by Gasteiger charge is -2.09. The van der Waals surface area contributed by atoms with E-state index in [1.54, 1.807) is 0 Å². The monoisotopic (exact) mass is 163 g/mol. The van der Waals surface area contributed by atoms with Crippen molar-refractivity contribution in [1.82, 2.24) is 5.32 Å². The van der Waals surface area contributed by atoms with Gasteiger partial charge in [-0.15, -0.1) is 0 Å². The van der Waals surface area contributed by atoms with Gasteiger partial charge in [-0.3, -0.25) is 4.79 Å². The molecule has 1 N–H and O–H groups in total. The van der Waals surface area contributed by atoms with Crippen molar-refractivity contribution in [2.75, 3.05) is 0 Å². The highest BCUT2D eigenvalue weighted by Gasteiger charge is 2.11. The zero-order chi connectivity index (χ0) is 9.02. The predicted molar refractivity (Wildman–Crippen MR) is 38.2 cm³/mol. The Morgan fingerprint density at radius 1 is 1.36 bits per heavy atom. The van der Waals surface area contributed by atoms with Gasteiger partial charge in [0.25, 0.3) is 0 Å². The van der Waals surface area contributed by atoms with Crippen molar-refractivity contribution < 1.29 is 13.6 Å². The summed E-state index contributed by atoms with van der Waals surface area (Å²) >= 11 is 0. The minimum atomic E-state index is -0.930. The van der Waals surface area contributed by atoms with E-state index in [-0.39, 0.29) is 5.91 Å². The number of nitrogens with one attached hydrogen (secondary N) is 1. The van der Waals surface area contributed by atoms with Crippen LogP contribution in [-0.2, 0) is 4.79 Å². The number of rotatable bonds is 2. The first-order valence-corrected chi connectivity index (χ1v) is 3.24. The first-order valence-electron chi connectivity index (χ1n) is 3.24. The molecule has 0 saturated heterocycles. The van der Waals surface area contributed by atoms with Gasteiger partial charge in [-0.2, -0.15) is 0 Å². The molecule has 0 aliphatic heterocycles. The Hall–Kier alpha value is -0.930. The third-order valence-electron chi connectivity index (χ3n) is 1.13. The van der Waals surface area contributed by atoms with Crippen molar-refractivity contribution in [2.45, 2.75) is 26.8 Å². The fraction of sp³-hybridized carbons (Fsp3) is 0.571. The standard InChI is InChI=1S/C7H11F2NO/c1-4(8)7(9)5(2)10-6(3)11/h5H,1-3H3,(H,10,11)/b7-4+/t5-/m1/s1. The highest BCUT2D eigenvalue weighted by molar-refractivity contribution is 5.73. The molecule has 0 radical (unpaired) electrons. The Morgan fingerprint density at radius 3 is 2.09 bits per heavy atom. The summed E-state index contributed by atoms with van der Waals surface area (Å²) in [6.07, 6.45) is 0. The molecule has 11 heavy (non-hydrogen) atoms. The molecule has 0 bridgehead atoms. The van der Waals surface area contributed by atoms with Gasteiger partial charge in [0, 0.05) is 6.92 Å². The van der Waals surface area contributed by atoms with E-state index in [4.69, 9.17) is 0 Å². The van der Waals surface area contributed by atoms with E-state index >= 15 is 0 Å². The van der Waals surface area contributed by atoms with Crippen LogP contribution in [0.2, 0.25) is 0 Å². The van der Waals surface area contributed by atoms with Gasteiger partial charge < -0.3 is 5.32 Å². The summed E-state index contributed by atoms with van der Waals surface area (Å²) in [6.45, 7) is 3.63. The average Bonchev–Trinajstić information content (AvgIpc) is 1.84. The molecule has 0 aromatic carbocycles. The van der Waals surface area contributed by atoms with Crippen LogP contribution in [0.5, 0.6) is 0 Å². The summed E-state index contributed by atoms with van der Waals surface area (Å²) in [4.78, 5) is 10.4. The van der Waals surface area contributed by atoms with Gasteiger partial charge in [-0.05, 0) is 13.8 Å². The van der Waals surface area contributed by atoms with Crippen LogP contribution in [0, 0.1) is 0 Å². The Bertz CT molecular complexity index is 185. The average molecular weight is 163 g/mol. The van der Waals surface area contributed by atoms with Crippen molar-refractivity contribution in [2.24, 2.45) is 0 Å². The van der Waals surface area contributed by atoms with Crippen LogP contribution in [0.3, 0.4) is 0 Å². The molecule has 0 saturated carbocycles. The first kappa shape index (κ1) is 10.1. The highest BCUT2D eigenvalue weighted by atomic mass is 19.2. The van der Waals surface area contributed by atoms with E-state index in [0.29, 0.717) is 0 Å². The molecule has 2 nitrogen and oxygen atoms in total. The summed E-state index contributed by atoms with van der Waals surface area (Å²) in [5, 5.41) is 2.21. The van der Waals surface area contributed by atoms with Crippen molar-refractivity contribution in [3.63, 3.8) is 0 Å². The number of allylic oxidation sites excluding steroid dienone is 1. The largest absolute Gasteiger partial charge is 0.347 e. The molecule has 0 fully saturated rings. The van der Waals surface area contributed by atoms with Gasteiger partial charge in [0.15, 0.2) is 5.83 Å². The van der Waals surface area contributed by atoms with Crippen LogP contribution in [-0.4, -0.2) is 11.9 Å². The summed E-state index contributed by atoms with van der Waals surface area (Å²) in [7, 11) is 0. The van der Waals surface area contributed by atoms with Crippen molar-refractivity contribution in [1.29, 1.82) is 0 Å². The number of hydrogen-bond donors (Lipinski definition) is 1. The normalized spacial score (nSPS) is 15.4. The molecule has 1 atom stereocenters. The Labute approximate surface area is 64.3 Å². The molecule has 0 heterocycles. The van der Waals surface area contributed by atoms with Gasteiger partial charge in [-0.1, -0.05) is 0 Å². The molecule has 0 rings (SSSR count). The van der Waals surface area contributed by atoms with Crippen LogP contribution in [0.25, 0.3) is 0 Å². The van der Waals surface area contributed by atoms with E-state index in [0.717, 1.165) is 6.92 Å². The molecule has 1 amide bonds. The maximum atomic E-state index is 12.6. The number of carbonyl (C=O) groups excluding carboxylic acids is 1. The topological polar surface area (TPSA) is 29.1 Å². The lowest BCUT2D eigenvalue weighted by Crippen LogP contribution is -2.31. The zero-order valence-corrected chi connectivity index (χ0v) is 6.74. The van der Waals surface area contributed by atoms with Crippen LogP contribution >= 0.6 is 0 Å². The Balaban J connectivity index is 4.15. The first-order chi connectivity index (χ1) is 4.95. The van der Waals surface area contributed by atoms with Crippen molar-refractivity contribution >= 4 is 5.91 Å². The summed E-state index contributed by atoms with van der Waals surface area (Å²) in [5.74, 6) is -2.21. The third kappa shape index (κ3) is 3.70. The van der Waals surface area contributed by atoms with E-state index < -0.39 is 17.7 Å². The maximum Gasteiger partial charge on any atom is 0.217 e. The fourth-order valence-corrected chi connectivity index (χ4v) is 0.667. The second kappa shape index (κ2) is 4.05. The lowest BCUT2D eigenvalue weighted by atomic mass is 10.3. The van der Waals surface area contributed by atoms with Crippen molar-refractivity contribution in [3.05, 3.63) is 11.7 Å². The summed E-state index contributed by atoms with van der Waals surface area (Å²) in [6, 6.07) is -0.877. The van der Waals surface area contributed by atoms with Crippen LogP contribution in [0.4, 0.5) is 8.78 Å². The Kier molecular flexibility index (Phi) is 3.71. The maximum absolute atomic E-state index is 12.6. The fourth-order valence-electron chi connectivity index (χ4n) is 0.667. The van der Waals surface area contributed by atoms with Crippen LogP contribution in [0.1, 0.15) is 20.8 Å². The molecule has 0 aromatic rings. The van der Waals surface area contributed by atoms with Crippen LogP contribution < -0.4 is 5.32 Å². The van der Waals surface area contributed by atoms with Crippen LogP contribution in [0.15, 0.2) is 11.7 Å². The third-order valence-corrected chi connectivity index (χ3v) is 1.13. The smallest absolute Gasteiger partial charge is 0.217 e. The van der Waals surface area contributed by atoms with Gasteiger partial charge >= 0.3 is 0 Å². The minimum Gasteiger partial charge on any atom is -0.347 e. The second-order valence-electron chi connectivity index (χ2n) is 2.30. The molecular weight excluding hydrogens is 152 g/mol. The predicted octanol–water partition coefficient (Wildman–Crippen LogP) is 1.68. The molecular formula is C7H11F2NO. The van der Waals surface area contributed by atoms with E-state index in [1.807, 2.05) is 0 Å². The number of halogens is 2. The molecule has 0 unspecified atom stereocenters. The SMILES string of the molecule is CC(=O)N[C@H](C)/C(F)=C(/C)F. The molecule has 64 valence electrons. The molecule has 0 aliphatic carbocycles. The zero-order valence-electron chi connectivity index (χ0n) is 6.74. The van der Waals surface area contributed by atoms with E-state index in [1.165, 1.54) is 13.8 Å². The molecule has 0 aliphatic rings. The molecule has 4 heteroatoms. The van der Waals surface area contributed by atoms with Crippen molar-refractivity contribution in [3.8, 4) is 0 Å². The van der Waals surface area contributed by atoms with E-state index in [9.17, 15) is 13.6 Å². The second-order valence-corrected chi connectivity index (χ2v) is 2.30. The highest BCUT2D eigenvalue weighted by Crippen LogP contribution is 2.10. The van der Waals surface area contributed by atoms with Gasteiger partial charge in [0.1, 0.15) is 5.83 Å². The lowest BCUT2D eigenvalue weighted by molar-refractivity contribution is -0.119. The minimum absolute atomic E-state index is 0.381. The number of hydrogen-bond acceptors (Lipinski definition) is 1. The van der Waals surface area contributed by atoms with Gasteiger partial charge in [0.05, 0.1) is 6.04 Å². The molecule has 0 spiro atoms. The number of carbonyl (C=O) groups is 1. The van der Waals surface area contributed by atoms with Gasteiger partial charge in [-0.25, -0.2) is 8.78 Å². The summed E-state index contributed by atoms with van der Waals surface area (Å²) in [5.41, 5.74) is 0. The summed E-state index contributed by atoms with van der Waals surface area (Å²) < 4.78 is 24.7. The van der Waals surface area contributed by atoms with Gasteiger partial charge in [0.2, 0.25) is 5.91 Å². The quantitative estimate of drug-likeness (QED) is 0.659.